The molecule has 0 bridgehead atoms. The van der Waals surface area contributed by atoms with Crippen molar-refractivity contribution in [2.24, 2.45) is 0 Å². The summed E-state index contributed by atoms with van der Waals surface area (Å²) in [5, 5.41) is 0. The van der Waals surface area contributed by atoms with Crippen LogP contribution in [0.4, 0.5) is 5.69 Å². The fraction of sp³-hybridized carbons (Fsp3) is 0.316. The van der Waals surface area contributed by atoms with Gasteiger partial charge in [0.2, 0.25) is 5.89 Å². The number of oxazole rings is 1. The van der Waals surface area contributed by atoms with E-state index in [2.05, 4.69) is 26.9 Å². The van der Waals surface area contributed by atoms with Crippen LogP contribution in [0.1, 0.15) is 5.89 Å². The number of fused-ring (bicyclic) bond motifs is 1. The number of nitrogens with zero attached hydrogens (tertiary/aromatic N) is 3. The van der Waals surface area contributed by atoms with Gasteiger partial charge in [-0.1, -0.05) is 24.3 Å². The average Bonchev–Trinajstić information content (AvgIpc) is 3.04. The second-order valence-electron chi connectivity index (χ2n) is 6.01. The van der Waals surface area contributed by atoms with Crippen molar-refractivity contribution in [3.05, 3.63) is 54.4 Å². The van der Waals surface area contributed by atoms with E-state index in [1.807, 2.05) is 36.4 Å². The molecule has 0 saturated carbocycles. The molecule has 3 aromatic rings. The molecule has 0 atom stereocenters. The first-order chi connectivity index (χ1) is 11.8. The van der Waals surface area contributed by atoms with Gasteiger partial charge in [0.15, 0.2) is 5.58 Å². The lowest BCUT2D eigenvalue weighted by atomic mass is 10.2. The Bertz CT molecular complexity index is 789. The number of benzene rings is 2. The van der Waals surface area contributed by atoms with E-state index in [0.29, 0.717) is 0 Å². The Morgan fingerprint density at radius 2 is 1.75 bits per heavy atom. The van der Waals surface area contributed by atoms with Crippen LogP contribution in [0, 0.1) is 0 Å². The van der Waals surface area contributed by atoms with Crippen LogP contribution in [0.3, 0.4) is 0 Å². The Balaban J connectivity index is 1.41. The average molecular weight is 323 g/mol. The topological polar surface area (TPSA) is 41.7 Å². The number of ether oxygens (including phenoxy) is 1. The summed E-state index contributed by atoms with van der Waals surface area (Å²) in [6, 6.07) is 16.1. The molecule has 5 heteroatoms. The summed E-state index contributed by atoms with van der Waals surface area (Å²) in [5.41, 5.74) is 2.96. The van der Waals surface area contributed by atoms with Crippen molar-refractivity contribution in [3.8, 4) is 5.75 Å². The molecule has 5 nitrogen and oxygen atoms in total. The van der Waals surface area contributed by atoms with Crippen LogP contribution in [-0.4, -0.2) is 43.2 Å². The van der Waals surface area contributed by atoms with Crippen molar-refractivity contribution in [2.75, 3.05) is 38.2 Å². The third-order valence-electron chi connectivity index (χ3n) is 4.50. The molecule has 0 N–H and O–H groups in total. The monoisotopic (exact) mass is 323 g/mol. The quantitative estimate of drug-likeness (QED) is 0.738. The van der Waals surface area contributed by atoms with Crippen LogP contribution < -0.4 is 9.64 Å². The van der Waals surface area contributed by atoms with E-state index in [4.69, 9.17) is 9.15 Å². The van der Waals surface area contributed by atoms with Crippen LogP contribution in [0.25, 0.3) is 11.1 Å². The number of piperazine rings is 1. The summed E-state index contributed by atoms with van der Waals surface area (Å²) in [6.45, 7) is 4.67. The minimum absolute atomic E-state index is 0.758. The smallest absolute Gasteiger partial charge is 0.209 e. The molecule has 2 heterocycles. The number of hydrogen-bond donors (Lipinski definition) is 0. The fourth-order valence-corrected chi connectivity index (χ4v) is 3.22. The van der Waals surface area contributed by atoms with Gasteiger partial charge in [-0.15, -0.1) is 0 Å². The van der Waals surface area contributed by atoms with E-state index in [9.17, 15) is 0 Å². The van der Waals surface area contributed by atoms with E-state index >= 15 is 0 Å². The molecule has 4 rings (SSSR count). The zero-order valence-corrected chi connectivity index (χ0v) is 13.8. The van der Waals surface area contributed by atoms with Crippen LogP contribution in [0.2, 0.25) is 0 Å². The van der Waals surface area contributed by atoms with Gasteiger partial charge in [0, 0.05) is 26.2 Å². The lowest BCUT2D eigenvalue weighted by molar-refractivity contribution is 0.228. The molecule has 1 aliphatic rings. The molecule has 1 aliphatic heterocycles. The van der Waals surface area contributed by atoms with E-state index in [0.717, 1.165) is 55.5 Å². The highest BCUT2D eigenvalue weighted by molar-refractivity contribution is 5.72. The number of anilines is 1. The second-order valence-corrected chi connectivity index (χ2v) is 6.01. The van der Waals surface area contributed by atoms with Crippen LogP contribution in [0.15, 0.2) is 52.9 Å². The van der Waals surface area contributed by atoms with Gasteiger partial charge in [0.1, 0.15) is 11.3 Å². The number of rotatable bonds is 4. The van der Waals surface area contributed by atoms with Crippen molar-refractivity contribution in [2.45, 2.75) is 6.54 Å². The summed E-state index contributed by atoms with van der Waals surface area (Å²) in [5.74, 6) is 1.73. The number of methoxy groups -OCH3 is 1. The highest BCUT2D eigenvalue weighted by Crippen LogP contribution is 2.28. The molecular formula is C19H21N3O2. The summed E-state index contributed by atoms with van der Waals surface area (Å²) >= 11 is 0. The minimum Gasteiger partial charge on any atom is -0.495 e. The summed E-state index contributed by atoms with van der Waals surface area (Å²) in [7, 11) is 1.72. The molecule has 24 heavy (non-hydrogen) atoms. The Hall–Kier alpha value is -2.53. The Morgan fingerprint density at radius 3 is 2.54 bits per heavy atom. The maximum absolute atomic E-state index is 5.83. The number of para-hydroxylation sites is 4. The van der Waals surface area contributed by atoms with Crippen LogP contribution >= 0.6 is 0 Å². The largest absolute Gasteiger partial charge is 0.495 e. The predicted molar refractivity (Wildman–Crippen MR) is 94.5 cm³/mol. The zero-order valence-electron chi connectivity index (χ0n) is 13.8. The molecule has 1 aromatic heterocycles. The van der Waals surface area contributed by atoms with Gasteiger partial charge in [-0.2, -0.15) is 0 Å². The van der Waals surface area contributed by atoms with E-state index in [1.54, 1.807) is 7.11 Å². The van der Waals surface area contributed by atoms with Crippen molar-refractivity contribution < 1.29 is 9.15 Å². The van der Waals surface area contributed by atoms with Gasteiger partial charge in [0.25, 0.3) is 0 Å². The molecule has 2 aromatic carbocycles. The van der Waals surface area contributed by atoms with Crippen LogP contribution in [-0.2, 0) is 6.54 Å². The van der Waals surface area contributed by atoms with Gasteiger partial charge in [-0.25, -0.2) is 4.98 Å². The first kappa shape index (κ1) is 15.0. The van der Waals surface area contributed by atoms with Crippen molar-refractivity contribution in [1.29, 1.82) is 0 Å². The molecule has 0 aliphatic carbocycles. The van der Waals surface area contributed by atoms with Crippen molar-refractivity contribution >= 4 is 16.8 Å². The number of hydrogen-bond acceptors (Lipinski definition) is 5. The standard InChI is InChI=1S/C19H21N3O2/c1-23-18-9-5-3-7-16(18)22-12-10-21(11-13-22)14-19-20-15-6-2-4-8-17(15)24-19/h2-9H,10-14H2,1H3. The Labute approximate surface area is 141 Å². The highest BCUT2D eigenvalue weighted by Gasteiger charge is 2.20. The number of aromatic nitrogens is 1. The maximum Gasteiger partial charge on any atom is 0.209 e. The molecule has 1 fully saturated rings. The van der Waals surface area contributed by atoms with Gasteiger partial charge in [-0.3, -0.25) is 4.90 Å². The lowest BCUT2D eigenvalue weighted by Crippen LogP contribution is -2.46. The maximum atomic E-state index is 5.83. The van der Waals surface area contributed by atoms with E-state index < -0.39 is 0 Å². The first-order valence-corrected chi connectivity index (χ1v) is 8.28. The van der Waals surface area contributed by atoms with E-state index in [-0.39, 0.29) is 0 Å². The Kier molecular flexibility index (Phi) is 4.09. The van der Waals surface area contributed by atoms with Crippen molar-refractivity contribution in [1.82, 2.24) is 9.88 Å². The summed E-state index contributed by atoms with van der Waals surface area (Å²) in [4.78, 5) is 9.33. The third kappa shape index (κ3) is 2.95. The summed E-state index contributed by atoms with van der Waals surface area (Å²) in [6.07, 6.45) is 0. The van der Waals surface area contributed by atoms with Gasteiger partial charge in [-0.05, 0) is 24.3 Å². The highest BCUT2D eigenvalue weighted by atomic mass is 16.5. The fourth-order valence-electron chi connectivity index (χ4n) is 3.22. The normalized spacial score (nSPS) is 15.8. The second kappa shape index (κ2) is 6.53. The molecule has 1 saturated heterocycles. The van der Waals surface area contributed by atoms with Gasteiger partial charge < -0.3 is 14.1 Å². The third-order valence-corrected chi connectivity index (χ3v) is 4.50. The van der Waals surface area contributed by atoms with Crippen molar-refractivity contribution in [3.63, 3.8) is 0 Å². The summed E-state index contributed by atoms with van der Waals surface area (Å²) < 4.78 is 11.3. The van der Waals surface area contributed by atoms with Gasteiger partial charge >= 0.3 is 0 Å². The molecule has 0 spiro atoms. The molecule has 0 amide bonds. The zero-order chi connectivity index (χ0) is 16.4. The van der Waals surface area contributed by atoms with E-state index in [1.165, 1.54) is 5.69 Å². The lowest BCUT2D eigenvalue weighted by Gasteiger charge is -2.36. The Morgan fingerprint density at radius 1 is 1.00 bits per heavy atom. The predicted octanol–water partition coefficient (Wildman–Crippen LogP) is 3.16. The molecule has 124 valence electrons. The first-order valence-electron chi connectivity index (χ1n) is 8.28. The molecule has 0 unspecified atom stereocenters. The molecule has 0 radical (unpaired) electrons. The van der Waals surface area contributed by atoms with Crippen LogP contribution in [0.5, 0.6) is 5.75 Å². The SMILES string of the molecule is COc1ccccc1N1CCN(Cc2nc3ccccc3o2)CC1. The van der Waals surface area contributed by atoms with Gasteiger partial charge in [0.05, 0.1) is 19.3 Å². The molecular weight excluding hydrogens is 302 g/mol. The minimum atomic E-state index is 0.758.